The minimum absolute atomic E-state index is 0.0259. The van der Waals surface area contributed by atoms with E-state index in [1.54, 1.807) is 0 Å². The van der Waals surface area contributed by atoms with E-state index in [0.717, 1.165) is 6.07 Å². The van der Waals surface area contributed by atoms with Crippen LogP contribution in [0.1, 0.15) is 17.2 Å². The second-order valence-corrected chi connectivity index (χ2v) is 10.7. The lowest BCUT2D eigenvalue weighted by Crippen LogP contribution is -2.33. The van der Waals surface area contributed by atoms with Gasteiger partial charge in [-0.25, -0.2) is 18.1 Å². The number of aryl methyl sites for hydroxylation is 1. The van der Waals surface area contributed by atoms with Crippen molar-refractivity contribution in [2.24, 2.45) is 0 Å². The van der Waals surface area contributed by atoms with E-state index in [0.29, 0.717) is 0 Å². The molecule has 1 aliphatic rings. The van der Waals surface area contributed by atoms with Crippen molar-refractivity contribution in [2.75, 3.05) is 13.7 Å². The van der Waals surface area contributed by atoms with Crippen molar-refractivity contribution in [3.05, 3.63) is 29.1 Å². The molecule has 1 aromatic rings. The molecule has 0 saturated carbocycles. The number of hydrogen-bond donors (Lipinski definition) is 6. The molecule has 14 nitrogen and oxygen atoms in total. The highest BCUT2D eigenvalue weighted by atomic mass is 31.3. The maximum Gasteiger partial charge on any atom is 0.490 e. The van der Waals surface area contributed by atoms with Gasteiger partial charge in [0.05, 0.1) is 13.7 Å². The minimum atomic E-state index is -5.72. The number of phosphoric acid groups is 3. The summed E-state index contributed by atoms with van der Waals surface area (Å²) in [7, 11) is -15.5. The van der Waals surface area contributed by atoms with Gasteiger partial charge in [0.2, 0.25) is 0 Å². The summed E-state index contributed by atoms with van der Waals surface area (Å²) >= 11 is 0. The average molecular weight is 512 g/mol. The van der Waals surface area contributed by atoms with Crippen LogP contribution in [0.2, 0.25) is 0 Å². The van der Waals surface area contributed by atoms with Gasteiger partial charge in [-0.15, -0.1) is 0 Å². The van der Waals surface area contributed by atoms with Crippen LogP contribution in [0.5, 0.6) is 5.75 Å². The lowest BCUT2D eigenvalue weighted by atomic mass is 9.99. The first-order valence-electron chi connectivity index (χ1n) is 8.19. The quantitative estimate of drug-likeness (QED) is 0.250. The van der Waals surface area contributed by atoms with E-state index >= 15 is 0 Å². The van der Waals surface area contributed by atoms with Crippen LogP contribution in [-0.4, -0.2) is 61.8 Å². The number of aliphatic hydroxyl groups excluding tert-OH is 2. The average Bonchev–Trinajstić information content (AvgIpc) is 2.87. The van der Waals surface area contributed by atoms with Gasteiger partial charge in [0.25, 0.3) is 0 Å². The molecule has 31 heavy (non-hydrogen) atoms. The Morgan fingerprint density at radius 3 is 2.19 bits per heavy atom. The second-order valence-electron chi connectivity index (χ2n) is 6.31. The highest BCUT2D eigenvalue weighted by Crippen LogP contribution is 2.66. The van der Waals surface area contributed by atoms with E-state index in [4.69, 9.17) is 24.2 Å². The first kappa shape index (κ1) is 26.5. The number of methoxy groups -OCH3 is 1. The topological polar surface area (TPSA) is 219 Å². The number of rotatable bonds is 9. The fourth-order valence-electron chi connectivity index (χ4n) is 2.68. The van der Waals surface area contributed by atoms with Crippen molar-refractivity contribution in [1.29, 1.82) is 0 Å². The van der Waals surface area contributed by atoms with Gasteiger partial charge in [0, 0.05) is 5.56 Å². The van der Waals surface area contributed by atoms with Crippen LogP contribution in [0.4, 0.5) is 4.39 Å². The monoisotopic (exact) mass is 512 g/mol. The summed E-state index contributed by atoms with van der Waals surface area (Å²) in [5, 5.41) is 20.4. The van der Waals surface area contributed by atoms with Gasteiger partial charge < -0.3 is 39.3 Å². The van der Waals surface area contributed by atoms with Crippen LogP contribution >= 0.6 is 23.5 Å². The summed E-state index contributed by atoms with van der Waals surface area (Å²) in [5.41, 5.74) is 0.260. The summed E-state index contributed by atoms with van der Waals surface area (Å²) in [6, 6.07) is 2.34. The maximum atomic E-state index is 14.0. The number of phosphoric ester groups is 1. The number of benzene rings is 1. The van der Waals surface area contributed by atoms with Crippen molar-refractivity contribution in [2.45, 2.75) is 31.3 Å². The normalized spacial score (nSPS) is 28.2. The highest BCUT2D eigenvalue weighted by molar-refractivity contribution is 7.66. The molecule has 0 aromatic heterocycles. The van der Waals surface area contributed by atoms with E-state index in [1.165, 1.54) is 20.1 Å². The first-order valence-corrected chi connectivity index (χ1v) is 12.7. The minimum Gasteiger partial charge on any atom is -0.496 e. The number of ether oxygens (including phenoxy) is 2. The second kappa shape index (κ2) is 9.62. The molecule has 6 unspecified atom stereocenters. The molecule has 178 valence electrons. The molecule has 1 fully saturated rings. The molecule has 1 saturated heterocycles. The third-order valence-corrected chi connectivity index (χ3v) is 7.80. The van der Waals surface area contributed by atoms with Gasteiger partial charge in [-0.2, -0.15) is 8.62 Å². The summed E-state index contributed by atoms with van der Waals surface area (Å²) < 4.78 is 69.6. The maximum absolute atomic E-state index is 14.0. The summed E-state index contributed by atoms with van der Waals surface area (Å²) in [4.78, 5) is 35.5. The molecule has 0 aliphatic carbocycles. The van der Waals surface area contributed by atoms with Crippen molar-refractivity contribution < 1.29 is 70.5 Å². The van der Waals surface area contributed by atoms with Gasteiger partial charge in [0.15, 0.2) is 0 Å². The molecule has 0 spiro atoms. The zero-order valence-electron chi connectivity index (χ0n) is 15.8. The standard InChI is InChI=1S/C13H20FO14P3/c1-6-3-9(24-2)7(4-8(6)14)13-12(16)11(15)10(26-13)5-25-30(20,21)28-31(22,23)27-29(17,18)19/h3-4,10-13,15-16H,5H2,1-2H3,(H,20,21)(H,22,23)(H2,17,18,19). The Balaban J connectivity index is 2.11. The van der Waals surface area contributed by atoms with E-state index in [-0.39, 0.29) is 16.9 Å². The third-order valence-electron chi connectivity index (χ3n) is 4.00. The Labute approximate surface area is 174 Å². The number of hydrogen-bond acceptors (Lipinski definition) is 10. The molecule has 1 aromatic carbocycles. The smallest absolute Gasteiger partial charge is 0.490 e. The zero-order chi connectivity index (χ0) is 23.8. The SMILES string of the molecule is COc1cc(C)c(F)cc1C1OC(COP(=O)(O)OP(=O)(O)OP(=O)(O)O)C(O)C1O. The predicted octanol–water partition coefficient (Wildman–Crippen LogP) is 0.648. The van der Waals surface area contributed by atoms with Gasteiger partial charge in [-0.3, -0.25) is 4.52 Å². The molecule has 1 aliphatic heterocycles. The number of aliphatic hydroxyl groups is 2. The van der Waals surface area contributed by atoms with Crippen molar-refractivity contribution >= 4 is 23.5 Å². The molecule has 0 radical (unpaired) electrons. The van der Waals surface area contributed by atoms with Crippen LogP contribution in [0.15, 0.2) is 12.1 Å². The molecule has 0 bridgehead atoms. The van der Waals surface area contributed by atoms with Gasteiger partial charge in [-0.1, -0.05) is 0 Å². The van der Waals surface area contributed by atoms with Crippen LogP contribution in [0, 0.1) is 12.7 Å². The van der Waals surface area contributed by atoms with Crippen LogP contribution in [0.3, 0.4) is 0 Å². The van der Waals surface area contributed by atoms with E-state index in [1.807, 2.05) is 0 Å². The molecular formula is C13H20FO14P3. The van der Waals surface area contributed by atoms with Crippen LogP contribution < -0.4 is 4.74 Å². The van der Waals surface area contributed by atoms with Crippen LogP contribution in [-0.2, 0) is 31.6 Å². The van der Waals surface area contributed by atoms with E-state index < -0.39 is 60.3 Å². The molecule has 1 heterocycles. The van der Waals surface area contributed by atoms with Crippen LogP contribution in [0.25, 0.3) is 0 Å². The van der Waals surface area contributed by atoms with Gasteiger partial charge in [-0.05, 0) is 24.6 Å². The molecule has 18 heteroatoms. The summed E-state index contributed by atoms with van der Waals surface area (Å²) in [6.07, 6.45) is -6.20. The van der Waals surface area contributed by atoms with Gasteiger partial charge in [0.1, 0.15) is 36.0 Å². The fourth-order valence-corrected chi connectivity index (χ4v) is 5.71. The Morgan fingerprint density at radius 2 is 1.65 bits per heavy atom. The molecule has 6 N–H and O–H groups in total. The molecule has 6 atom stereocenters. The molecule has 0 amide bonds. The zero-order valence-corrected chi connectivity index (χ0v) is 18.5. The van der Waals surface area contributed by atoms with Gasteiger partial charge >= 0.3 is 23.5 Å². The lowest BCUT2D eigenvalue weighted by molar-refractivity contribution is -0.0228. The van der Waals surface area contributed by atoms with Crippen molar-refractivity contribution in [1.82, 2.24) is 0 Å². The number of halogens is 1. The Hall–Kier alpha value is -0.760. The van der Waals surface area contributed by atoms with Crippen molar-refractivity contribution in [3.63, 3.8) is 0 Å². The first-order chi connectivity index (χ1) is 14.1. The largest absolute Gasteiger partial charge is 0.496 e. The van der Waals surface area contributed by atoms with E-state index in [2.05, 4.69) is 13.1 Å². The third kappa shape index (κ3) is 7.11. The predicted molar refractivity (Wildman–Crippen MR) is 97.1 cm³/mol. The summed E-state index contributed by atoms with van der Waals surface area (Å²) in [5.74, 6) is -0.526. The lowest BCUT2D eigenvalue weighted by Gasteiger charge is -2.19. The van der Waals surface area contributed by atoms with Crippen molar-refractivity contribution in [3.8, 4) is 5.75 Å². The van der Waals surface area contributed by atoms with E-state index in [9.17, 15) is 33.2 Å². The Bertz CT molecular complexity index is 950. The molecular weight excluding hydrogens is 492 g/mol. The Kier molecular flexibility index (Phi) is 8.22. The fraction of sp³-hybridized carbons (Fsp3) is 0.538. The molecule has 2 rings (SSSR count). The Morgan fingerprint density at radius 1 is 1.03 bits per heavy atom. The summed E-state index contributed by atoms with van der Waals surface area (Å²) in [6.45, 7) is 0.475. The highest BCUT2D eigenvalue weighted by Gasteiger charge is 2.47.